The van der Waals surface area contributed by atoms with Gasteiger partial charge in [0.2, 0.25) is 5.91 Å². The topological polar surface area (TPSA) is 76.7 Å². The molecule has 0 saturated heterocycles. The maximum atomic E-state index is 12.8. The van der Waals surface area contributed by atoms with Gasteiger partial charge in [-0.25, -0.2) is 0 Å². The summed E-state index contributed by atoms with van der Waals surface area (Å²) in [6.07, 6.45) is 0. The van der Waals surface area contributed by atoms with E-state index >= 15 is 0 Å². The van der Waals surface area contributed by atoms with Crippen molar-refractivity contribution >= 4 is 58.2 Å². The van der Waals surface area contributed by atoms with Crippen LogP contribution >= 0.6 is 35.0 Å². The second-order valence-electron chi connectivity index (χ2n) is 6.52. The molecule has 0 spiro atoms. The predicted octanol–water partition coefficient (Wildman–Crippen LogP) is 5.99. The summed E-state index contributed by atoms with van der Waals surface area (Å²) in [5, 5.41) is 6.44. The third-order valence-corrected chi connectivity index (χ3v) is 5.79. The standard InChI is InChI=1S/C23H20Cl2N2O4S/c1-30-19-8-7-16(12-20(19)31-2)26-22(28)13-32-21-6-4-3-5-18(21)23(29)27-17-10-14(24)9-15(25)11-17/h3-12H,13H2,1-2H3,(H,26,28)(H,27,29). The molecule has 0 aliphatic rings. The van der Waals surface area contributed by atoms with Crippen molar-refractivity contribution in [2.45, 2.75) is 4.90 Å². The summed E-state index contributed by atoms with van der Waals surface area (Å²) < 4.78 is 10.4. The smallest absolute Gasteiger partial charge is 0.256 e. The number of carbonyl (C=O) groups is 2. The second kappa shape index (κ2) is 11.1. The molecule has 3 rings (SSSR count). The van der Waals surface area contributed by atoms with Crippen LogP contribution in [0.3, 0.4) is 0 Å². The van der Waals surface area contributed by atoms with Gasteiger partial charge in [-0.15, -0.1) is 11.8 Å². The van der Waals surface area contributed by atoms with Crippen LogP contribution in [0.1, 0.15) is 10.4 Å². The molecule has 3 aromatic carbocycles. The SMILES string of the molecule is COc1ccc(NC(=O)CSc2ccccc2C(=O)Nc2cc(Cl)cc(Cl)c2)cc1OC. The first-order chi connectivity index (χ1) is 15.4. The highest BCUT2D eigenvalue weighted by molar-refractivity contribution is 8.00. The molecule has 0 fully saturated rings. The van der Waals surface area contributed by atoms with E-state index in [1.807, 2.05) is 6.07 Å². The number of ether oxygens (including phenoxy) is 2. The highest BCUT2D eigenvalue weighted by atomic mass is 35.5. The van der Waals surface area contributed by atoms with Crippen LogP contribution in [0.25, 0.3) is 0 Å². The fourth-order valence-electron chi connectivity index (χ4n) is 2.86. The molecule has 0 radical (unpaired) electrons. The number of thioether (sulfide) groups is 1. The van der Waals surface area contributed by atoms with Gasteiger partial charge < -0.3 is 20.1 Å². The van der Waals surface area contributed by atoms with E-state index in [2.05, 4.69) is 10.6 Å². The summed E-state index contributed by atoms with van der Waals surface area (Å²) in [4.78, 5) is 25.9. The third kappa shape index (κ3) is 6.32. The van der Waals surface area contributed by atoms with Crippen molar-refractivity contribution in [1.29, 1.82) is 0 Å². The first-order valence-electron chi connectivity index (χ1n) is 9.40. The van der Waals surface area contributed by atoms with Gasteiger partial charge in [0.25, 0.3) is 5.91 Å². The molecule has 0 aliphatic carbocycles. The molecule has 0 atom stereocenters. The number of benzene rings is 3. The number of carbonyl (C=O) groups excluding carboxylic acids is 2. The zero-order valence-electron chi connectivity index (χ0n) is 17.3. The fourth-order valence-corrected chi connectivity index (χ4v) is 4.23. The maximum absolute atomic E-state index is 12.8. The van der Waals surface area contributed by atoms with Crippen molar-refractivity contribution in [3.05, 3.63) is 76.3 Å². The van der Waals surface area contributed by atoms with Crippen LogP contribution in [0.4, 0.5) is 11.4 Å². The van der Waals surface area contributed by atoms with E-state index in [1.165, 1.54) is 18.9 Å². The quantitative estimate of drug-likeness (QED) is 0.379. The summed E-state index contributed by atoms with van der Waals surface area (Å²) in [7, 11) is 3.07. The first kappa shape index (κ1) is 23.8. The molecule has 2 N–H and O–H groups in total. The lowest BCUT2D eigenvalue weighted by Crippen LogP contribution is -2.16. The van der Waals surface area contributed by atoms with Crippen LogP contribution in [0.15, 0.2) is 65.6 Å². The summed E-state index contributed by atoms with van der Waals surface area (Å²) in [6, 6.07) is 17.0. The highest BCUT2D eigenvalue weighted by Gasteiger charge is 2.14. The lowest BCUT2D eigenvalue weighted by molar-refractivity contribution is -0.113. The van der Waals surface area contributed by atoms with Gasteiger partial charge in [0, 0.05) is 32.4 Å². The number of hydrogen-bond donors (Lipinski definition) is 2. The number of nitrogens with one attached hydrogen (secondary N) is 2. The lowest BCUT2D eigenvalue weighted by atomic mass is 10.2. The molecule has 3 aromatic rings. The Bertz CT molecular complexity index is 1120. The van der Waals surface area contributed by atoms with Crippen molar-refractivity contribution in [2.75, 3.05) is 30.6 Å². The largest absolute Gasteiger partial charge is 0.493 e. The molecule has 2 amide bonds. The predicted molar refractivity (Wildman–Crippen MR) is 130 cm³/mol. The molecule has 0 heterocycles. The second-order valence-corrected chi connectivity index (χ2v) is 8.41. The fraction of sp³-hybridized carbons (Fsp3) is 0.130. The number of hydrogen-bond acceptors (Lipinski definition) is 5. The van der Waals surface area contributed by atoms with Crippen LogP contribution in [-0.4, -0.2) is 31.8 Å². The van der Waals surface area contributed by atoms with Gasteiger partial charge in [-0.05, 0) is 42.5 Å². The Morgan fingerprint density at radius 2 is 1.53 bits per heavy atom. The average molecular weight is 491 g/mol. The monoisotopic (exact) mass is 490 g/mol. The Labute approximate surface area is 200 Å². The van der Waals surface area contributed by atoms with Crippen molar-refractivity contribution in [2.24, 2.45) is 0 Å². The van der Waals surface area contributed by atoms with Crippen LogP contribution in [-0.2, 0) is 4.79 Å². The van der Waals surface area contributed by atoms with Gasteiger partial charge in [0.1, 0.15) is 0 Å². The Hall–Kier alpha value is -2.87. The van der Waals surface area contributed by atoms with Crippen LogP contribution in [0.5, 0.6) is 11.5 Å². The molecular weight excluding hydrogens is 471 g/mol. The molecule has 0 aliphatic heterocycles. The van der Waals surface area contributed by atoms with Crippen molar-refractivity contribution < 1.29 is 19.1 Å². The summed E-state index contributed by atoms with van der Waals surface area (Å²) in [5.41, 5.74) is 1.50. The molecule has 0 saturated carbocycles. The molecule has 9 heteroatoms. The number of rotatable bonds is 8. The highest BCUT2D eigenvalue weighted by Crippen LogP contribution is 2.30. The molecule has 32 heavy (non-hydrogen) atoms. The molecule has 0 aromatic heterocycles. The van der Waals surface area contributed by atoms with Crippen molar-refractivity contribution in [3.63, 3.8) is 0 Å². The zero-order chi connectivity index (χ0) is 23.1. The van der Waals surface area contributed by atoms with Gasteiger partial charge >= 0.3 is 0 Å². The van der Waals surface area contributed by atoms with Gasteiger partial charge in [-0.3, -0.25) is 9.59 Å². The lowest BCUT2D eigenvalue weighted by Gasteiger charge is -2.12. The van der Waals surface area contributed by atoms with Crippen molar-refractivity contribution in [3.8, 4) is 11.5 Å². The molecular formula is C23H20Cl2N2O4S. The van der Waals surface area contributed by atoms with Crippen molar-refractivity contribution in [1.82, 2.24) is 0 Å². The molecule has 166 valence electrons. The maximum Gasteiger partial charge on any atom is 0.256 e. The Balaban J connectivity index is 1.66. The molecule has 6 nitrogen and oxygen atoms in total. The average Bonchev–Trinajstić information content (AvgIpc) is 2.77. The van der Waals surface area contributed by atoms with E-state index in [9.17, 15) is 9.59 Å². The third-order valence-electron chi connectivity index (χ3n) is 4.28. The van der Waals surface area contributed by atoms with E-state index in [4.69, 9.17) is 32.7 Å². The number of amides is 2. The van der Waals surface area contributed by atoms with Crippen LogP contribution < -0.4 is 20.1 Å². The summed E-state index contributed by atoms with van der Waals surface area (Å²) in [6.45, 7) is 0. The van der Waals surface area contributed by atoms with E-state index in [0.717, 1.165) is 0 Å². The minimum Gasteiger partial charge on any atom is -0.493 e. The first-order valence-corrected chi connectivity index (χ1v) is 11.1. The minimum absolute atomic E-state index is 0.113. The number of methoxy groups -OCH3 is 2. The van der Waals surface area contributed by atoms with E-state index in [1.54, 1.807) is 61.7 Å². The van der Waals surface area contributed by atoms with Gasteiger partial charge in [0.15, 0.2) is 11.5 Å². The Kier molecular flexibility index (Phi) is 8.27. The molecule has 0 bridgehead atoms. The number of anilines is 2. The van der Waals surface area contributed by atoms with Crippen LogP contribution in [0.2, 0.25) is 10.0 Å². The van der Waals surface area contributed by atoms with E-state index in [0.29, 0.717) is 43.4 Å². The minimum atomic E-state index is -0.327. The Morgan fingerprint density at radius 3 is 2.22 bits per heavy atom. The van der Waals surface area contributed by atoms with Crippen LogP contribution in [0, 0.1) is 0 Å². The summed E-state index contributed by atoms with van der Waals surface area (Å²) >= 11 is 13.3. The van der Waals surface area contributed by atoms with Gasteiger partial charge in [0.05, 0.1) is 25.5 Å². The summed E-state index contributed by atoms with van der Waals surface area (Å²) in [5.74, 6) is 0.648. The Morgan fingerprint density at radius 1 is 0.844 bits per heavy atom. The molecule has 0 unspecified atom stereocenters. The van der Waals surface area contributed by atoms with Gasteiger partial charge in [-0.2, -0.15) is 0 Å². The zero-order valence-corrected chi connectivity index (χ0v) is 19.6. The van der Waals surface area contributed by atoms with E-state index in [-0.39, 0.29) is 17.6 Å². The number of halogens is 2. The van der Waals surface area contributed by atoms with E-state index < -0.39 is 0 Å². The van der Waals surface area contributed by atoms with Gasteiger partial charge in [-0.1, -0.05) is 35.3 Å². The normalized spacial score (nSPS) is 10.4.